The normalized spacial score (nSPS) is 20.9. The molecule has 1 fully saturated rings. The predicted molar refractivity (Wildman–Crippen MR) is 91.0 cm³/mol. The number of aromatic nitrogens is 1. The number of guanidine groups is 1. The van der Waals surface area contributed by atoms with Crippen molar-refractivity contribution in [2.75, 3.05) is 19.6 Å². The molecule has 2 N–H and O–H groups in total. The third-order valence-electron chi connectivity index (χ3n) is 3.82. The van der Waals surface area contributed by atoms with Crippen molar-refractivity contribution in [2.24, 2.45) is 16.6 Å². The molecule has 0 bridgehead atoms. The first-order valence-corrected chi connectivity index (χ1v) is 8.74. The smallest absolute Gasteiger partial charge is 0.191 e. The molecule has 5 heteroatoms. The molecule has 21 heavy (non-hydrogen) atoms. The highest BCUT2D eigenvalue weighted by molar-refractivity contribution is 7.09. The Bertz CT molecular complexity index is 487. The molecule has 2 heterocycles. The average molecular weight is 308 g/mol. The van der Waals surface area contributed by atoms with Crippen molar-refractivity contribution in [3.63, 3.8) is 0 Å². The van der Waals surface area contributed by atoms with Gasteiger partial charge in [0.05, 0.1) is 10.7 Å². The first-order chi connectivity index (χ1) is 9.86. The monoisotopic (exact) mass is 308 g/mol. The van der Waals surface area contributed by atoms with Gasteiger partial charge in [-0.1, -0.05) is 27.7 Å². The molecule has 1 atom stereocenters. The Morgan fingerprint density at radius 1 is 1.52 bits per heavy atom. The van der Waals surface area contributed by atoms with Crippen LogP contribution in [0.2, 0.25) is 0 Å². The topological polar surface area (TPSA) is 54.5 Å². The molecule has 0 aromatic carbocycles. The van der Waals surface area contributed by atoms with Crippen molar-refractivity contribution in [2.45, 2.75) is 52.4 Å². The molecule has 0 radical (unpaired) electrons. The van der Waals surface area contributed by atoms with Gasteiger partial charge in [-0.2, -0.15) is 0 Å². The van der Waals surface area contributed by atoms with Gasteiger partial charge in [-0.05, 0) is 18.8 Å². The molecule has 0 spiro atoms. The van der Waals surface area contributed by atoms with Crippen LogP contribution in [0.25, 0.3) is 0 Å². The summed E-state index contributed by atoms with van der Waals surface area (Å²) >= 11 is 1.74. The molecule has 0 saturated carbocycles. The predicted octanol–water partition coefficient (Wildman–Crippen LogP) is 3.03. The first kappa shape index (κ1) is 16.3. The lowest BCUT2D eigenvalue weighted by atomic mass is 9.98. The third-order valence-corrected chi connectivity index (χ3v) is 5.13. The van der Waals surface area contributed by atoms with Crippen molar-refractivity contribution < 1.29 is 0 Å². The van der Waals surface area contributed by atoms with Crippen LogP contribution in [0, 0.1) is 5.92 Å². The van der Waals surface area contributed by atoms with Crippen LogP contribution in [0.4, 0.5) is 0 Å². The number of likely N-dealkylation sites (tertiary alicyclic amines) is 1. The minimum atomic E-state index is 0.134. The van der Waals surface area contributed by atoms with E-state index in [4.69, 9.17) is 10.7 Å². The largest absolute Gasteiger partial charge is 0.370 e. The Labute approximate surface area is 132 Å². The molecule has 1 unspecified atom stereocenters. The Morgan fingerprint density at radius 3 is 2.90 bits per heavy atom. The molecule has 1 aromatic heterocycles. The number of hydrogen-bond acceptors (Lipinski definition) is 3. The van der Waals surface area contributed by atoms with Crippen LogP contribution in [-0.2, 0) is 11.8 Å². The maximum atomic E-state index is 6.11. The van der Waals surface area contributed by atoms with Gasteiger partial charge in [-0.25, -0.2) is 4.98 Å². The van der Waals surface area contributed by atoms with Crippen LogP contribution in [0.15, 0.2) is 10.4 Å². The highest BCUT2D eigenvalue weighted by atomic mass is 32.1. The zero-order valence-electron chi connectivity index (χ0n) is 13.7. The number of hydrogen-bond donors (Lipinski definition) is 1. The number of aliphatic imine (C=N–C) groups is 1. The molecule has 0 amide bonds. The van der Waals surface area contributed by atoms with E-state index in [2.05, 4.69) is 43.0 Å². The van der Waals surface area contributed by atoms with Gasteiger partial charge in [-0.15, -0.1) is 11.3 Å². The fourth-order valence-electron chi connectivity index (χ4n) is 2.55. The quantitative estimate of drug-likeness (QED) is 0.690. The van der Waals surface area contributed by atoms with Crippen molar-refractivity contribution in [3.05, 3.63) is 16.1 Å². The lowest BCUT2D eigenvalue weighted by Gasteiger charge is -2.31. The van der Waals surface area contributed by atoms with Crippen molar-refractivity contribution >= 4 is 17.3 Å². The van der Waals surface area contributed by atoms with Crippen LogP contribution in [0.3, 0.4) is 0 Å². The zero-order chi connectivity index (χ0) is 15.5. The summed E-state index contributed by atoms with van der Waals surface area (Å²) in [5.41, 5.74) is 7.37. The third kappa shape index (κ3) is 4.70. The first-order valence-electron chi connectivity index (χ1n) is 7.86. The minimum absolute atomic E-state index is 0.134. The summed E-state index contributed by atoms with van der Waals surface area (Å²) in [6.07, 6.45) is 3.40. The second-order valence-corrected chi connectivity index (χ2v) is 7.94. The fourth-order valence-corrected chi connectivity index (χ4v) is 3.49. The molecule has 1 aliphatic rings. The minimum Gasteiger partial charge on any atom is -0.370 e. The molecule has 4 nitrogen and oxygen atoms in total. The summed E-state index contributed by atoms with van der Waals surface area (Å²) in [7, 11) is 0. The second-order valence-electron chi connectivity index (χ2n) is 7.08. The van der Waals surface area contributed by atoms with E-state index in [1.807, 2.05) is 0 Å². The van der Waals surface area contributed by atoms with Gasteiger partial charge in [0.1, 0.15) is 0 Å². The van der Waals surface area contributed by atoms with Crippen LogP contribution in [0.5, 0.6) is 0 Å². The molecule has 2 rings (SSSR count). The Balaban J connectivity index is 1.85. The SMILES string of the molecule is CC1CCCN(C(N)=NCCc2csc(C(C)(C)C)n2)C1. The highest BCUT2D eigenvalue weighted by Crippen LogP contribution is 2.25. The van der Waals surface area contributed by atoms with E-state index in [0.717, 1.165) is 37.7 Å². The second kappa shape index (κ2) is 6.77. The van der Waals surface area contributed by atoms with E-state index in [1.165, 1.54) is 17.8 Å². The Hall–Kier alpha value is -1.10. The summed E-state index contributed by atoms with van der Waals surface area (Å²) in [6.45, 7) is 11.7. The maximum absolute atomic E-state index is 6.11. The summed E-state index contributed by atoms with van der Waals surface area (Å²) in [5, 5.41) is 3.34. The molecular formula is C16H28N4S. The highest BCUT2D eigenvalue weighted by Gasteiger charge is 2.19. The number of rotatable bonds is 3. The van der Waals surface area contributed by atoms with Gasteiger partial charge in [0.15, 0.2) is 5.96 Å². The van der Waals surface area contributed by atoms with Crippen LogP contribution in [-0.4, -0.2) is 35.5 Å². The van der Waals surface area contributed by atoms with E-state index in [1.54, 1.807) is 11.3 Å². The van der Waals surface area contributed by atoms with Gasteiger partial charge < -0.3 is 10.6 Å². The zero-order valence-corrected chi connectivity index (χ0v) is 14.5. The van der Waals surface area contributed by atoms with Gasteiger partial charge >= 0.3 is 0 Å². The summed E-state index contributed by atoms with van der Waals surface area (Å²) in [4.78, 5) is 11.4. The summed E-state index contributed by atoms with van der Waals surface area (Å²) in [6, 6.07) is 0. The molecule has 1 saturated heterocycles. The number of piperidine rings is 1. The Morgan fingerprint density at radius 2 is 2.29 bits per heavy atom. The average Bonchev–Trinajstić information content (AvgIpc) is 2.87. The maximum Gasteiger partial charge on any atom is 0.191 e. The number of thiazole rings is 1. The Kier molecular flexibility index (Phi) is 5.25. The summed E-state index contributed by atoms with van der Waals surface area (Å²) < 4.78 is 0. The van der Waals surface area contributed by atoms with Gasteiger partial charge in [0, 0.05) is 36.9 Å². The molecular weight excluding hydrogens is 280 g/mol. The lowest BCUT2D eigenvalue weighted by molar-refractivity contribution is 0.270. The summed E-state index contributed by atoms with van der Waals surface area (Å²) in [5.74, 6) is 1.42. The fraction of sp³-hybridized carbons (Fsp3) is 0.750. The van der Waals surface area contributed by atoms with Gasteiger partial charge in [-0.3, -0.25) is 4.99 Å². The molecule has 118 valence electrons. The van der Waals surface area contributed by atoms with Gasteiger partial charge in [0.2, 0.25) is 0 Å². The van der Waals surface area contributed by atoms with Crippen molar-refractivity contribution in [1.29, 1.82) is 0 Å². The van der Waals surface area contributed by atoms with Crippen LogP contribution >= 0.6 is 11.3 Å². The van der Waals surface area contributed by atoms with Gasteiger partial charge in [0.25, 0.3) is 0 Å². The molecule has 1 aliphatic heterocycles. The standard InChI is InChI=1S/C16H28N4S/c1-12-6-5-9-20(10-12)15(17)18-8-7-13-11-21-14(19-13)16(2,3)4/h11-12H,5-10H2,1-4H3,(H2,17,18). The van der Waals surface area contributed by atoms with E-state index in [-0.39, 0.29) is 5.41 Å². The van der Waals surface area contributed by atoms with E-state index < -0.39 is 0 Å². The van der Waals surface area contributed by atoms with Crippen LogP contribution < -0.4 is 5.73 Å². The number of nitrogens with two attached hydrogens (primary N) is 1. The van der Waals surface area contributed by atoms with E-state index in [0.29, 0.717) is 5.96 Å². The van der Waals surface area contributed by atoms with Crippen molar-refractivity contribution in [3.8, 4) is 0 Å². The van der Waals surface area contributed by atoms with Crippen molar-refractivity contribution in [1.82, 2.24) is 9.88 Å². The number of nitrogens with zero attached hydrogens (tertiary/aromatic N) is 3. The lowest BCUT2D eigenvalue weighted by Crippen LogP contribution is -2.43. The van der Waals surface area contributed by atoms with E-state index in [9.17, 15) is 0 Å². The molecule has 1 aromatic rings. The molecule has 0 aliphatic carbocycles. The van der Waals surface area contributed by atoms with Crippen LogP contribution in [0.1, 0.15) is 51.2 Å². The van der Waals surface area contributed by atoms with E-state index >= 15 is 0 Å².